The smallest absolute Gasteiger partial charge is 0.247 e. The molecule has 1 amide bonds. The number of aryl methyl sites for hydroxylation is 1. The van der Waals surface area contributed by atoms with Crippen LogP contribution in [0.1, 0.15) is 34.7 Å². The highest BCUT2D eigenvalue weighted by molar-refractivity contribution is 6.32. The number of furan rings is 1. The summed E-state index contributed by atoms with van der Waals surface area (Å²) in [5.41, 5.74) is 4.36. The van der Waals surface area contributed by atoms with E-state index in [1.807, 2.05) is 48.1 Å². The van der Waals surface area contributed by atoms with Crippen molar-refractivity contribution >= 4 is 23.6 Å². The van der Waals surface area contributed by atoms with Gasteiger partial charge in [-0.2, -0.15) is 5.10 Å². The quantitative estimate of drug-likeness (QED) is 0.581. The van der Waals surface area contributed by atoms with Crippen molar-refractivity contribution in [2.75, 3.05) is 0 Å². The van der Waals surface area contributed by atoms with Crippen LogP contribution in [0.3, 0.4) is 0 Å². The molecule has 0 atom stereocenters. The minimum Gasteiger partial charge on any atom is -0.467 e. The van der Waals surface area contributed by atoms with Crippen LogP contribution in [0.4, 0.5) is 0 Å². The van der Waals surface area contributed by atoms with E-state index in [2.05, 4.69) is 5.10 Å². The van der Waals surface area contributed by atoms with E-state index >= 15 is 0 Å². The Morgan fingerprint density at radius 3 is 2.89 bits per heavy atom. The average molecular weight is 396 g/mol. The SMILES string of the molecule is Cn1nc(CN(Cc2ccco2)C(=O)C=Cc2ccccc2Cl)c2c1CCC2. The van der Waals surface area contributed by atoms with Crippen LogP contribution in [0.2, 0.25) is 5.02 Å². The van der Waals surface area contributed by atoms with Crippen molar-refractivity contribution in [2.24, 2.45) is 7.05 Å². The number of carbonyl (C=O) groups excluding carboxylic acids is 1. The second-order valence-corrected chi connectivity index (χ2v) is 7.38. The minimum absolute atomic E-state index is 0.103. The molecule has 0 fully saturated rings. The van der Waals surface area contributed by atoms with Gasteiger partial charge in [-0.05, 0) is 54.7 Å². The van der Waals surface area contributed by atoms with Crippen LogP contribution in [0.5, 0.6) is 0 Å². The monoisotopic (exact) mass is 395 g/mol. The standard InChI is InChI=1S/C22H22ClN3O2/c1-25-21-10-4-8-18(21)20(24-25)15-26(14-17-7-5-13-28-17)22(27)12-11-16-6-2-3-9-19(16)23/h2-3,5-7,9,11-13H,4,8,10,14-15H2,1H3. The summed E-state index contributed by atoms with van der Waals surface area (Å²) >= 11 is 6.19. The highest BCUT2D eigenvalue weighted by Gasteiger charge is 2.24. The van der Waals surface area contributed by atoms with E-state index < -0.39 is 0 Å². The third kappa shape index (κ3) is 3.90. The van der Waals surface area contributed by atoms with E-state index in [-0.39, 0.29) is 5.91 Å². The van der Waals surface area contributed by atoms with Gasteiger partial charge in [0, 0.05) is 23.8 Å². The van der Waals surface area contributed by atoms with E-state index in [1.54, 1.807) is 23.3 Å². The first kappa shape index (κ1) is 18.6. The fourth-order valence-electron chi connectivity index (χ4n) is 3.68. The van der Waals surface area contributed by atoms with Crippen LogP contribution in [0.25, 0.3) is 6.08 Å². The van der Waals surface area contributed by atoms with Gasteiger partial charge >= 0.3 is 0 Å². The molecule has 2 aromatic heterocycles. The van der Waals surface area contributed by atoms with Crippen LogP contribution in [-0.2, 0) is 37.8 Å². The molecular weight excluding hydrogens is 374 g/mol. The summed E-state index contributed by atoms with van der Waals surface area (Å²) in [7, 11) is 1.98. The van der Waals surface area contributed by atoms with E-state index in [4.69, 9.17) is 16.0 Å². The van der Waals surface area contributed by atoms with Crippen LogP contribution in [0, 0.1) is 0 Å². The number of nitrogens with zero attached hydrogens (tertiary/aromatic N) is 3. The maximum Gasteiger partial charge on any atom is 0.247 e. The third-order valence-electron chi connectivity index (χ3n) is 5.09. The van der Waals surface area contributed by atoms with Gasteiger partial charge in [-0.3, -0.25) is 9.48 Å². The Bertz CT molecular complexity index is 1000. The molecule has 1 aliphatic rings. The van der Waals surface area contributed by atoms with Gasteiger partial charge in [-0.1, -0.05) is 29.8 Å². The van der Waals surface area contributed by atoms with E-state index in [1.165, 1.54) is 11.3 Å². The van der Waals surface area contributed by atoms with Crippen LogP contribution < -0.4 is 0 Å². The topological polar surface area (TPSA) is 51.3 Å². The molecule has 6 heteroatoms. The van der Waals surface area contributed by atoms with Crippen molar-refractivity contribution in [1.29, 1.82) is 0 Å². The second-order valence-electron chi connectivity index (χ2n) is 6.98. The van der Waals surface area contributed by atoms with Gasteiger partial charge in [0.15, 0.2) is 0 Å². The second kappa shape index (κ2) is 8.07. The summed E-state index contributed by atoms with van der Waals surface area (Å²) in [6.07, 6.45) is 8.16. The van der Waals surface area contributed by atoms with E-state index in [0.29, 0.717) is 18.1 Å². The van der Waals surface area contributed by atoms with Crippen LogP contribution >= 0.6 is 11.6 Å². The van der Waals surface area contributed by atoms with E-state index in [9.17, 15) is 4.79 Å². The Morgan fingerprint density at radius 1 is 1.25 bits per heavy atom. The number of halogens is 1. The number of hydrogen-bond donors (Lipinski definition) is 0. The number of aromatic nitrogens is 2. The van der Waals surface area contributed by atoms with Crippen molar-refractivity contribution in [2.45, 2.75) is 32.4 Å². The summed E-state index contributed by atoms with van der Waals surface area (Å²) < 4.78 is 7.42. The normalized spacial score (nSPS) is 13.2. The molecule has 0 unspecified atom stereocenters. The predicted octanol–water partition coefficient (Wildman–Crippen LogP) is 4.40. The van der Waals surface area contributed by atoms with E-state index in [0.717, 1.165) is 36.3 Å². The summed E-state index contributed by atoms with van der Waals surface area (Å²) in [6.45, 7) is 0.847. The number of rotatable bonds is 6. The Kier molecular flexibility index (Phi) is 5.35. The van der Waals surface area contributed by atoms with Gasteiger partial charge in [0.05, 0.1) is 25.0 Å². The van der Waals surface area contributed by atoms with Crippen molar-refractivity contribution < 1.29 is 9.21 Å². The Balaban J connectivity index is 1.57. The molecule has 0 bridgehead atoms. The number of hydrogen-bond acceptors (Lipinski definition) is 3. The largest absolute Gasteiger partial charge is 0.467 e. The summed E-state index contributed by atoms with van der Waals surface area (Å²) in [6, 6.07) is 11.2. The maximum absolute atomic E-state index is 13.0. The fraction of sp³-hybridized carbons (Fsp3) is 0.273. The molecule has 3 aromatic rings. The molecule has 0 saturated carbocycles. The predicted molar refractivity (Wildman–Crippen MR) is 109 cm³/mol. The van der Waals surface area contributed by atoms with Gasteiger partial charge in [0.2, 0.25) is 5.91 Å². The van der Waals surface area contributed by atoms with Gasteiger partial charge < -0.3 is 9.32 Å². The summed E-state index contributed by atoms with van der Waals surface area (Å²) in [5.74, 6) is 0.640. The Labute approximate surface area is 169 Å². The third-order valence-corrected chi connectivity index (χ3v) is 5.43. The highest BCUT2D eigenvalue weighted by atomic mass is 35.5. The summed E-state index contributed by atoms with van der Waals surface area (Å²) in [5, 5.41) is 5.28. The van der Waals surface area contributed by atoms with Crippen molar-refractivity contribution in [3.8, 4) is 0 Å². The molecule has 144 valence electrons. The molecule has 0 spiro atoms. The lowest BCUT2D eigenvalue weighted by Crippen LogP contribution is -2.29. The van der Waals surface area contributed by atoms with Gasteiger partial charge in [-0.25, -0.2) is 0 Å². The number of benzene rings is 1. The zero-order valence-electron chi connectivity index (χ0n) is 15.8. The fourth-order valence-corrected chi connectivity index (χ4v) is 3.88. The summed E-state index contributed by atoms with van der Waals surface area (Å²) in [4.78, 5) is 14.7. The minimum atomic E-state index is -0.103. The highest BCUT2D eigenvalue weighted by Crippen LogP contribution is 2.26. The molecule has 0 N–H and O–H groups in total. The average Bonchev–Trinajstić information content (AvgIpc) is 3.41. The Morgan fingerprint density at radius 2 is 2.11 bits per heavy atom. The first-order valence-electron chi connectivity index (χ1n) is 9.39. The van der Waals surface area contributed by atoms with Crippen molar-refractivity contribution in [3.05, 3.63) is 82.0 Å². The van der Waals surface area contributed by atoms with Gasteiger partial charge in [0.25, 0.3) is 0 Å². The molecule has 4 rings (SSSR count). The molecule has 5 nitrogen and oxygen atoms in total. The molecule has 1 aromatic carbocycles. The molecule has 0 saturated heterocycles. The molecule has 0 aliphatic heterocycles. The lowest BCUT2D eigenvalue weighted by molar-refractivity contribution is -0.127. The first-order chi connectivity index (χ1) is 13.6. The first-order valence-corrected chi connectivity index (χ1v) is 9.77. The van der Waals surface area contributed by atoms with Crippen molar-refractivity contribution in [3.63, 3.8) is 0 Å². The van der Waals surface area contributed by atoms with Crippen molar-refractivity contribution in [1.82, 2.24) is 14.7 Å². The van der Waals surface area contributed by atoms with Gasteiger partial charge in [-0.15, -0.1) is 0 Å². The van der Waals surface area contributed by atoms with Crippen LogP contribution in [-0.4, -0.2) is 20.6 Å². The lowest BCUT2D eigenvalue weighted by Gasteiger charge is -2.19. The number of fused-ring (bicyclic) bond motifs is 1. The molecular formula is C22H22ClN3O2. The molecule has 28 heavy (non-hydrogen) atoms. The molecule has 0 radical (unpaired) electrons. The molecule has 1 aliphatic carbocycles. The zero-order valence-corrected chi connectivity index (χ0v) is 16.5. The van der Waals surface area contributed by atoms with Crippen LogP contribution in [0.15, 0.2) is 53.2 Å². The lowest BCUT2D eigenvalue weighted by atomic mass is 10.1. The Hall–Kier alpha value is -2.79. The number of carbonyl (C=O) groups is 1. The maximum atomic E-state index is 13.0. The van der Waals surface area contributed by atoms with Gasteiger partial charge in [0.1, 0.15) is 5.76 Å². The zero-order chi connectivity index (χ0) is 19.5. The molecule has 2 heterocycles. The number of amides is 1.